The fourth-order valence-corrected chi connectivity index (χ4v) is 1.44. The second-order valence-electron chi connectivity index (χ2n) is 3.41. The van der Waals surface area contributed by atoms with Crippen LogP contribution in [-0.4, -0.2) is 19.2 Å². The zero-order valence-corrected chi connectivity index (χ0v) is 9.32. The van der Waals surface area contributed by atoms with Crippen LogP contribution in [0.3, 0.4) is 0 Å². The first-order valence-electron chi connectivity index (χ1n) is 4.65. The van der Waals surface area contributed by atoms with Crippen LogP contribution in [0.4, 0.5) is 0 Å². The molecule has 0 aliphatic heterocycles. The summed E-state index contributed by atoms with van der Waals surface area (Å²) in [7, 11) is 3.35. The number of hydrogen-bond donors (Lipinski definition) is 2. The summed E-state index contributed by atoms with van der Waals surface area (Å²) in [5.41, 5.74) is 8.39. The summed E-state index contributed by atoms with van der Waals surface area (Å²) >= 11 is 0. The van der Waals surface area contributed by atoms with Crippen LogP contribution in [0.2, 0.25) is 0 Å². The second kappa shape index (κ2) is 4.70. The van der Waals surface area contributed by atoms with Crippen molar-refractivity contribution in [1.82, 2.24) is 5.01 Å². The Kier molecular flexibility index (Phi) is 3.57. The summed E-state index contributed by atoms with van der Waals surface area (Å²) in [6, 6.07) is 5.81. The molecule has 1 aromatic rings. The van der Waals surface area contributed by atoms with Crippen molar-refractivity contribution in [1.29, 1.82) is 0 Å². The molecule has 0 aromatic heterocycles. The Balaban J connectivity index is 3.19. The van der Waals surface area contributed by atoms with Gasteiger partial charge in [0.1, 0.15) is 5.75 Å². The summed E-state index contributed by atoms with van der Waals surface area (Å²) in [5.74, 6) is 6.28. The van der Waals surface area contributed by atoms with E-state index in [2.05, 4.69) is 0 Å². The maximum absolute atomic E-state index is 5.90. The standard InChI is InChI=1S/C11H17N3O/c1-8-5-4-6-9(11(8)15-3)10(12)7-14(2)13/h4-7H,12-13H2,1-3H3/b10-7-. The summed E-state index contributed by atoms with van der Waals surface area (Å²) in [6.45, 7) is 1.97. The predicted octanol–water partition coefficient (Wildman–Crippen LogP) is 1.07. The van der Waals surface area contributed by atoms with Crippen molar-refractivity contribution in [2.75, 3.05) is 14.2 Å². The number of nitrogens with two attached hydrogens (primary N) is 2. The average molecular weight is 207 g/mol. The van der Waals surface area contributed by atoms with Crippen molar-refractivity contribution in [3.8, 4) is 5.75 Å². The van der Waals surface area contributed by atoms with Crippen LogP contribution in [0, 0.1) is 6.92 Å². The summed E-state index contributed by atoms with van der Waals surface area (Å²) in [4.78, 5) is 0. The van der Waals surface area contributed by atoms with Gasteiger partial charge in [0.05, 0.1) is 12.8 Å². The fourth-order valence-electron chi connectivity index (χ4n) is 1.44. The molecule has 4 nitrogen and oxygen atoms in total. The Bertz CT molecular complexity index is 372. The molecule has 4 heteroatoms. The van der Waals surface area contributed by atoms with Gasteiger partial charge in [0.25, 0.3) is 0 Å². The van der Waals surface area contributed by atoms with E-state index in [1.807, 2.05) is 25.1 Å². The summed E-state index contributed by atoms with van der Waals surface area (Å²) in [6.07, 6.45) is 1.65. The normalized spacial score (nSPS) is 11.3. The quantitative estimate of drug-likeness (QED) is 0.574. The Labute approximate surface area is 90.1 Å². The summed E-state index contributed by atoms with van der Waals surface area (Å²) < 4.78 is 5.30. The van der Waals surface area contributed by atoms with Gasteiger partial charge < -0.3 is 15.5 Å². The molecule has 0 atom stereocenters. The van der Waals surface area contributed by atoms with Gasteiger partial charge in [0.2, 0.25) is 0 Å². The lowest BCUT2D eigenvalue weighted by atomic mass is 10.1. The van der Waals surface area contributed by atoms with Gasteiger partial charge >= 0.3 is 0 Å². The minimum Gasteiger partial charge on any atom is -0.496 e. The molecule has 0 saturated carbocycles. The molecule has 0 heterocycles. The van der Waals surface area contributed by atoms with Crippen molar-refractivity contribution < 1.29 is 4.74 Å². The SMILES string of the molecule is COc1c(C)cccc1/C(N)=C/N(C)N. The minimum absolute atomic E-state index is 0.584. The van der Waals surface area contributed by atoms with E-state index in [0.717, 1.165) is 16.9 Å². The fraction of sp³-hybridized carbons (Fsp3) is 0.273. The van der Waals surface area contributed by atoms with Gasteiger partial charge in [0, 0.05) is 18.8 Å². The first-order valence-corrected chi connectivity index (χ1v) is 4.65. The lowest BCUT2D eigenvalue weighted by Crippen LogP contribution is -2.20. The van der Waals surface area contributed by atoms with Crippen molar-refractivity contribution in [2.24, 2.45) is 11.6 Å². The monoisotopic (exact) mass is 207 g/mol. The van der Waals surface area contributed by atoms with E-state index in [1.54, 1.807) is 20.4 Å². The Hall–Kier alpha value is -1.68. The number of hydrogen-bond acceptors (Lipinski definition) is 4. The first kappa shape index (κ1) is 11.4. The zero-order chi connectivity index (χ0) is 11.4. The van der Waals surface area contributed by atoms with Crippen LogP contribution >= 0.6 is 0 Å². The molecular formula is C11H17N3O. The number of para-hydroxylation sites is 1. The molecule has 0 saturated heterocycles. The number of rotatable bonds is 3. The molecule has 0 aliphatic rings. The highest BCUT2D eigenvalue weighted by Gasteiger charge is 2.07. The van der Waals surface area contributed by atoms with Crippen LogP contribution in [0.25, 0.3) is 5.70 Å². The van der Waals surface area contributed by atoms with Gasteiger partial charge in [-0.05, 0) is 18.6 Å². The van der Waals surface area contributed by atoms with Gasteiger partial charge in [-0.25, -0.2) is 5.84 Å². The van der Waals surface area contributed by atoms with Gasteiger partial charge in [-0.2, -0.15) is 0 Å². The number of hydrazine groups is 1. The topological polar surface area (TPSA) is 64.5 Å². The number of methoxy groups -OCH3 is 1. The van der Waals surface area contributed by atoms with E-state index < -0.39 is 0 Å². The van der Waals surface area contributed by atoms with Crippen LogP contribution in [0.5, 0.6) is 5.75 Å². The summed E-state index contributed by atoms with van der Waals surface area (Å²) in [5, 5.41) is 1.41. The predicted molar refractivity (Wildman–Crippen MR) is 61.8 cm³/mol. The maximum Gasteiger partial charge on any atom is 0.131 e. The molecule has 0 radical (unpaired) electrons. The van der Waals surface area contributed by atoms with E-state index in [4.69, 9.17) is 16.3 Å². The number of benzene rings is 1. The second-order valence-corrected chi connectivity index (χ2v) is 3.41. The maximum atomic E-state index is 5.90. The zero-order valence-electron chi connectivity index (χ0n) is 9.32. The number of ether oxygens (including phenoxy) is 1. The number of aryl methyl sites for hydroxylation is 1. The Morgan fingerprint density at radius 1 is 1.47 bits per heavy atom. The average Bonchev–Trinajstić information content (AvgIpc) is 2.16. The number of nitrogens with zero attached hydrogens (tertiary/aromatic N) is 1. The van der Waals surface area contributed by atoms with Gasteiger partial charge in [-0.1, -0.05) is 12.1 Å². The largest absolute Gasteiger partial charge is 0.496 e. The Morgan fingerprint density at radius 3 is 2.67 bits per heavy atom. The smallest absolute Gasteiger partial charge is 0.131 e. The van der Waals surface area contributed by atoms with E-state index in [-0.39, 0.29) is 0 Å². The van der Waals surface area contributed by atoms with E-state index >= 15 is 0 Å². The third-order valence-electron chi connectivity index (χ3n) is 2.07. The molecule has 0 aliphatic carbocycles. The molecule has 1 aromatic carbocycles. The molecule has 82 valence electrons. The molecular weight excluding hydrogens is 190 g/mol. The third-order valence-corrected chi connectivity index (χ3v) is 2.07. The van der Waals surface area contributed by atoms with E-state index in [0.29, 0.717) is 5.70 Å². The minimum atomic E-state index is 0.584. The van der Waals surface area contributed by atoms with E-state index in [9.17, 15) is 0 Å². The van der Waals surface area contributed by atoms with Crippen LogP contribution in [0.15, 0.2) is 24.4 Å². The molecule has 1 rings (SSSR count). The molecule has 0 fully saturated rings. The molecule has 4 N–H and O–H groups in total. The van der Waals surface area contributed by atoms with Crippen LogP contribution < -0.4 is 16.3 Å². The highest BCUT2D eigenvalue weighted by molar-refractivity contribution is 5.69. The Morgan fingerprint density at radius 2 is 2.13 bits per heavy atom. The van der Waals surface area contributed by atoms with Gasteiger partial charge in [-0.15, -0.1) is 0 Å². The molecule has 0 spiro atoms. The van der Waals surface area contributed by atoms with Crippen LogP contribution in [-0.2, 0) is 0 Å². The van der Waals surface area contributed by atoms with Crippen molar-refractivity contribution in [3.63, 3.8) is 0 Å². The lowest BCUT2D eigenvalue weighted by Gasteiger charge is -2.13. The van der Waals surface area contributed by atoms with E-state index in [1.165, 1.54) is 5.01 Å². The van der Waals surface area contributed by atoms with Gasteiger partial charge in [0.15, 0.2) is 0 Å². The molecule has 0 bridgehead atoms. The van der Waals surface area contributed by atoms with Crippen LogP contribution in [0.1, 0.15) is 11.1 Å². The first-order chi connectivity index (χ1) is 7.06. The molecule has 15 heavy (non-hydrogen) atoms. The third kappa shape index (κ3) is 2.63. The van der Waals surface area contributed by atoms with Crippen molar-refractivity contribution in [2.45, 2.75) is 6.92 Å². The van der Waals surface area contributed by atoms with Crippen molar-refractivity contribution >= 4 is 5.70 Å². The highest BCUT2D eigenvalue weighted by atomic mass is 16.5. The van der Waals surface area contributed by atoms with Gasteiger partial charge in [-0.3, -0.25) is 0 Å². The van der Waals surface area contributed by atoms with Crippen molar-refractivity contribution in [3.05, 3.63) is 35.5 Å². The lowest BCUT2D eigenvalue weighted by molar-refractivity contribution is 0.410. The molecule has 0 amide bonds. The molecule has 0 unspecified atom stereocenters. The highest BCUT2D eigenvalue weighted by Crippen LogP contribution is 2.26.